The fourth-order valence-corrected chi connectivity index (χ4v) is 2.92. The van der Waals surface area contributed by atoms with E-state index in [1.807, 2.05) is 69.3 Å². The molecule has 0 spiro atoms. The third-order valence-corrected chi connectivity index (χ3v) is 4.44. The van der Waals surface area contributed by atoms with Gasteiger partial charge in [0.1, 0.15) is 6.04 Å². The summed E-state index contributed by atoms with van der Waals surface area (Å²) in [6.07, 6.45) is 0.560. The number of rotatable bonds is 8. The zero-order chi connectivity index (χ0) is 19.8. The summed E-state index contributed by atoms with van der Waals surface area (Å²) in [5, 5.41) is 5.76. The molecule has 2 aromatic rings. The number of hydrogen-bond acceptors (Lipinski definition) is 3. The highest BCUT2D eigenvalue weighted by molar-refractivity contribution is 5.98. The van der Waals surface area contributed by atoms with Crippen LogP contribution in [0.1, 0.15) is 47.8 Å². The van der Waals surface area contributed by atoms with Crippen molar-refractivity contribution in [1.29, 1.82) is 0 Å². The summed E-state index contributed by atoms with van der Waals surface area (Å²) in [7, 11) is 0. The zero-order valence-corrected chi connectivity index (χ0v) is 16.2. The van der Waals surface area contributed by atoms with Gasteiger partial charge in [0.05, 0.1) is 0 Å². The van der Waals surface area contributed by atoms with Crippen LogP contribution in [0.15, 0.2) is 54.6 Å². The fraction of sp³-hybridized carbons (Fsp3) is 0.364. The van der Waals surface area contributed by atoms with Crippen molar-refractivity contribution in [2.75, 3.05) is 6.54 Å². The summed E-state index contributed by atoms with van der Waals surface area (Å²) in [6, 6.07) is 16.1. The lowest BCUT2D eigenvalue weighted by molar-refractivity contribution is -0.123. The van der Waals surface area contributed by atoms with E-state index in [-0.39, 0.29) is 23.8 Å². The number of hydrogen-bond donors (Lipinski definition) is 3. The highest BCUT2D eigenvalue weighted by Crippen LogP contribution is 2.11. The van der Waals surface area contributed by atoms with E-state index in [1.54, 1.807) is 6.07 Å². The Morgan fingerprint density at radius 2 is 1.63 bits per heavy atom. The minimum absolute atomic E-state index is 0.211. The second kappa shape index (κ2) is 9.88. The molecule has 0 radical (unpaired) electrons. The second-order valence-electron chi connectivity index (χ2n) is 7.23. The van der Waals surface area contributed by atoms with E-state index in [1.165, 1.54) is 0 Å². The first kappa shape index (κ1) is 20.6. The highest BCUT2D eigenvalue weighted by Gasteiger charge is 2.23. The van der Waals surface area contributed by atoms with Crippen molar-refractivity contribution in [2.45, 2.75) is 39.3 Å². The van der Waals surface area contributed by atoms with E-state index in [9.17, 15) is 9.59 Å². The van der Waals surface area contributed by atoms with Crippen molar-refractivity contribution >= 4 is 11.8 Å². The van der Waals surface area contributed by atoms with Gasteiger partial charge >= 0.3 is 0 Å². The molecule has 0 aliphatic heterocycles. The van der Waals surface area contributed by atoms with E-state index in [4.69, 9.17) is 5.73 Å². The third-order valence-electron chi connectivity index (χ3n) is 4.44. The third kappa shape index (κ3) is 6.22. The van der Waals surface area contributed by atoms with Gasteiger partial charge in [-0.2, -0.15) is 0 Å². The summed E-state index contributed by atoms with van der Waals surface area (Å²) in [6.45, 7) is 6.24. The molecular formula is C22H29N3O2. The van der Waals surface area contributed by atoms with Crippen molar-refractivity contribution in [2.24, 2.45) is 11.7 Å². The van der Waals surface area contributed by atoms with E-state index in [2.05, 4.69) is 10.6 Å². The van der Waals surface area contributed by atoms with E-state index in [0.29, 0.717) is 18.5 Å². The van der Waals surface area contributed by atoms with Gasteiger partial charge in [0, 0.05) is 18.2 Å². The zero-order valence-electron chi connectivity index (χ0n) is 16.2. The topological polar surface area (TPSA) is 84.2 Å². The molecule has 2 rings (SSSR count). The Balaban J connectivity index is 2.01. The molecule has 0 bridgehead atoms. The van der Waals surface area contributed by atoms with Crippen LogP contribution < -0.4 is 16.4 Å². The lowest BCUT2D eigenvalue weighted by atomic mass is 10.0. The molecule has 0 heterocycles. The van der Waals surface area contributed by atoms with Gasteiger partial charge in [-0.05, 0) is 36.5 Å². The Labute approximate surface area is 161 Å². The van der Waals surface area contributed by atoms with Crippen molar-refractivity contribution in [3.8, 4) is 0 Å². The monoisotopic (exact) mass is 367 g/mol. The van der Waals surface area contributed by atoms with Gasteiger partial charge in [0.25, 0.3) is 5.91 Å². The minimum atomic E-state index is -0.597. The standard InChI is InChI=1S/C22H29N3O2/c1-15(2)13-20(25-21(26)18-12-8-7-9-16(18)3)22(27)24-14-19(23)17-10-5-4-6-11-17/h4-12,15,19-20H,13-14,23H2,1-3H3,(H,24,27)(H,25,26). The summed E-state index contributed by atoms with van der Waals surface area (Å²) in [5.41, 5.74) is 8.58. The quantitative estimate of drug-likeness (QED) is 0.671. The van der Waals surface area contributed by atoms with Gasteiger partial charge < -0.3 is 16.4 Å². The van der Waals surface area contributed by atoms with Crippen LogP contribution >= 0.6 is 0 Å². The molecule has 2 atom stereocenters. The van der Waals surface area contributed by atoms with E-state index < -0.39 is 6.04 Å². The first-order chi connectivity index (χ1) is 12.9. The SMILES string of the molecule is Cc1ccccc1C(=O)NC(CC(C)C)C(=O)NCC(N)c1ccccc1. The van der Waals surface area contributed by atoms with Crippen LogP contribution in [-0.4, -0.2) is 24.4 Å². The smallest absolute Gasteiger partial charge is 0.252 e. The van der Waals surface area contributed by atoms with Crippen LogP contribution in [0.3, 0.4) is 0 Å². The number of carbonyl (C=O) groups is 2. The highest BCUT2D eigenvalue weighted by atomic mass is 16.2. The molecule has 2 amide bonds. The molecule has 0 aromatic heterocycles. The molecule has 144 valence electrons. The lowest BCUT2D eigenvalue weighted by Gasteiger charge is -2.22. The first-order valence-corrected chi connectivity index (χ1v) is 9.33. The Morgan fingerprint density at radius 3 is 2.26 bits per heavy atom. The van der Waals surface area contributed by atoms with Crippen LogP contribution in [0.2, 0.25) is 0 Å². The molecular weight excluding hydrogens is 338 g/mol. The van der Waals surface area contributed by atoms with Crippen LogP contribution in [0, 0.1) is 12.8 Å². The van der Waals surface area contributed by atoms with Crippen LogP contribution in [0.25, 0.3) is 0 Å². The number of amides is 2. The maximum absolute atomic E-state index is 12.7. The largest absolute Gasteiger partial charge is 0.352 e. The number of nitrogens with two attached hydrogens (primary N) is 1. The molecule has 0 aliphatic carbocycles. The van der Waals surface area contributed by atoms with Gasteiger partial charge in [-0.1, -0.05) is 62.4 Å². The average molecular weight is 367 g/mol. The minimum Gasteiger partial charge on any atom is -0.352 e. The van der Waals surface area contributed by atoms with Gasteiger partial charge in [0.2, 0.25) is 5.91 Å². The Hall–Kier alpha value is -2.66. The Bertz CT molecular complexity index is 759. The molecule has 0 saturated carbocycles. The second-order valence-corrected chi connectivity index (χ2v) is 7.23. The molecule has 0 fully saturated rings. The van der Waals surface area contributed by atoms with Gasteiger partial charge in [-0.15, -0.1) is 0 Å². The maximum atomic E-state index is 12.7. The summed E-state index contributed by atoms with van der Waals surface area (Å²) in [5.74, 6) is -0.181. The Kier molecular flexibility index (Phi) is 7.55. The van der Waals surface area contributed by atoms with E-state index >= 15 is 0 Å². The summed E-state index contributed by atoms with van der Waals surface area (Å²) >= 11 is 0. The predicted molar refractivity (Wildman–Crippen MR) is 108 cm³/mol. The lowest BCUT2D eigenvalue weighted by Crippen LogP contribution is -2.48. The number of carbonyl (C=O) groups excluding carboxylic acids is 2. The molecule has 2 aromatic carbocycles. The van der Waals surface area contributed by atoms with Crippen LogP contribution in [0.5, 0.6) is 0 Å². The maximum Gasteiger partial charge on any atom is 0.252 e. The number of benzene rings is 2. The number of nitrogens with one attached hydrogen (secondary N) is 2. The molecule has 0 aliphatic rings. The predicted octanol–water partition coefficient (Wildman–Crippen LogP) is 2.96. The van der Waals surface area contributed by atoms with E-state index in [0.717, 1.165) is 11.1 Å². The molecule has 0 saturated heterocycles. The molecule has 5 heteroatoms. The fourth-order valence-electron chi connectivity index (χ4n) is 2.92. The van der Waals surface area contributed by atoms with Crippen molar-refractivity contribution in [3.63, 3.8) is 0 Å². The molecule has 5 nitrogen and oxygen atoms in total. The van der Waals surface area contributed by atoms with Crippen LogP contribution in [-0.2, 0) is 4.79 Å². The first-order valence-electron chi connectivity index (χ1n) is 9.33. The molecule has 2 unspecified atom stereocenters. The molecule has 4 N–H and O–H groups in total. The van der Waals surface area contributed by atoms with Gasteiger partial charge in [-0.3, -0.25) is 9.59 Å². The van der Waals surface area contributed by atoms with Crippen molar-refractivity contribution in [3.05, 3.63) is 71.3 Å². The molecule has 27 heavy (non-hydrogen) atoms. The van der Waals surface area contributed by atoms with Gasteiger partial charge in [-0.25, -0.2) is 0 Å². The van der Waals surface area contributed by atoms with Crippen molar-refractivity contribution < 1.29 is 9.59 Å². The Morgan fingerprint density at radius 1 is 1.00 bits per heavy atom. The summed E-state index contributed by atoms with van der Waals surface area (Å²) < 4.78 is 0. The summed E-state index contributed by atoms with van der Waals surface area (Å²) in [4.78, 5) is 25.3. The normalized spacial score (nSPS) is 13.1. The average Bonchev–Trinajstić information content (AvgIpc) is 2.65. The van der Waals surface area contributed by atoms with Gasteiger partial charge in [0.15, 0.2) is 0 Å². The van der Waals surface area contributed by atoms with Crippen molar-refractivity contribution in [1.82, 2.24) is 10.6 Å². The van der Waals surface area contributed by atoms with Crippen LogP contribution in [0.4, 0.5) is 0 Å². The number of aryl methyl sites for hydroxylation is 1.